The Balaban J connectivity index is 1.76. The molecule has 0 fully saturated rings. The Bertz CT molecular complexity index is 798. The highest BCUT2D eigenvalue weighted by Gasteiger charge is 2.28. The number of hydrogen-bond acceptors (Lipinski definition) is 5. The second-order valence-electron chi connectivity index (χ2n) is 6.80. The van der Waals surface area contributed by atoms with Crippen LogP contribution in [-0.4, -0.2) is 25.7 Å². The molecule has 0 aliphatic rings. The normalized spacial score (nSPS) is 10.9. The number of nitrogen functional groups attached to an aromatic ring is 1. The number of nitrogens with zero attached hydrogens (tertiary/aromatic N) is 1. The zero-order valence-electron chi connectivity index (χ0n) is 15.7. The Labute approximate surface area is 159 Å². The molecule has 2 rings (SSSR count). The number of carbonyl (C=O) groups is 1. The fraction of sp³-hybridized carbons (Fsp3) is 0.333. The molecule has 0 saturated heterocycles. The second kappa shape index (κ2) is 9.60. The van der Waals surface area contributed by atoms with E-state index >= 15 is 0 Å². The summed E-state index contributed by atoms with van der Waals surface area (Å²) in [5, 5.41) is 12.0. The summed E-state index contributed by atoms with van der Waals surface area (Å²) in [7, 11) is 0. The first-order valence-electron chi connectivity index (χ1n) is 8.75. The van der Waals surface area contributed by atoms with E-state index in [0.29, 0.717) is 31.2 Å². The smallest absolute Gasteiger partial charge is 0.229 e. The molecule has 6 heteroatoms. The van der Waals surface area contributed by atoms with E-state index in [9.17, 15) is 10.1 Å². The van der Waals surface area contributed by atoms with Gasteiger partial charge in [-0.3, -0.25) is 4.79 Å². The molecule has 0 aliphatic heterocycles. The van der Waals surface area contributed by atoms with Crippen LogP contribution in [0, 0.1) is 16.7 Å². The molecule has 0 atom stereocenters. The molecule has 142 valence electrons. The highest BCUT2D eigenvalue weighted by atomic mass is 16.5. The van der Waals surface area contributed by atoms with Crippen LogP contribution >= 0.6 is 0 Å². The number of benzene rings is 2. The van der Waals surface area contributed by atoms with Crippen molar-refractivity contribution in [3.63, 3.8) is 0 Å². The molecule has 6 nitrogen and oxygen atoms in total. The monoisotopic (exact) mass is 367 g/mol. The summed E-state index contributed by atoms with van der Waals surface area (Å²) in [5.41, 5.74) is 6.73. The van der Waals surface area contributed by atoms with Gasteiger partial charge >= 0.3 is 0 Å². The van der Waals surface area contributed by atoms with Gasteiger partial charge in [-0.25, -0.2) is 0 Å². The molecule has 0 aliphatic carbocycles. The molecule has 0 radical (unpaired) electrons. The number of carbonyl (C=O) groups excluding carboxylic acids is 1. The number of ether oxygens (including phenoxy) is 2. The van der Waals surface area contributed by atoms with Crippen molar-refractivity contribution in [2.24, 2.45) is 5.41 Å². The average molecular weight is 367 g/mol. The third kappa shape index (κ3) is 6.01. The first kappa shape index (κ1) is 20.3. The van der Waals surface area contributed by atoms with Crippen LogP contribution in [0.5, 0.6) is 5.75 Å². The number of amides is 1. The van der Waals surface area contributed by atoms with Gasteiger partial charge in [0, 0.05) is 6.54 Å². The number of hydrogen-bond donors (Lipinski definition) is 2. The Hall–Kier alpha value is -3.04. The Morgan fingerprint density at radius 1 is 1.19 bits per heavy atom. The zero-order chi connectivity index (χ0) is 19.7. The highest BCUT2D eigenvalue weighted by Crippen LogP contribution is 2.25. The summed E-state index contributed by atoms with van der Waals surface area (Å²) in [6.45, 7) is 5.04. The minimum atomic E-state index is -0.767. The molecular weight excluding hydrogens is 342 g/mol. The van der Waals surface area contributed by atoms with Gasteiger partial charge in [-0.15, -0.1) is 0 Å². The predicted octanol–water partition coefficient (Wildman–Crippen LogP) is 2.88. The molecule has 27 heavy (non-hydrogen) atoms. The maximum atomic E-state index is 12.4. The first-order chi connectivity index (χ1) is 12.9. The minimum Gasteiger partial charge on any atom is -0.491 e. The van der Waals surface area contributed by atoms with Gasteiger partial charge in [-0.1, -0.05) is 36.4 Å². The molecule has 0 spiro atoms. The van der Waals surface area contributed by atoms with Crippen LogP contribution in [0.4, 0.5) is 5.69 Å². The predicted molar refractivity (Wildman–Crippen MR) is 104 cm³/mol. The lowest BCUT2D eigenvalue weighted by Gasteiger charge is -2.24. The highest BCUT2D eigenvalue weighted by molar-refractivity contribution is 5.82. The van der Waals surface area contributed by atoms with Gasteiger partial charge in [0.15, 0.2) is 0 Å². The first-order valence-corrected chi connectivity index (χ1v) is 8.75. The van der Waals surface area contributed by atoms with Crippen LogP contribution in [0.3, 0.4) is 0 Å². The fourth-order valence-corrected chi connectivity index (χ4v) is 2.35. The van der Waals surface area contributed by atoms with E-state index in [1.807, 2.05) is 36.4 Å². The Kier molecular flexibility index (Phi) is 7.21. The van der Waals surface area contributed by atoms with Gasteiger partial charge in [0.2, 0.25) is 5.91 Å². The van der Waals surface area contributed by atoms with Crippen molar-refractivity contribution in [1.82, 2.24) is 5.32 Å². The number of nitrogens with one attached hydrogen (secondary N) is 1. The van der Waals surface area contributed by atoms with E-state index in [4.69, 9.17) is 15.2 Å². The average Bonchev–Trinajstić information content (AvgIpc) is 2.67. The molecule has 1 amide bonds. The molecule has 0 saturated carbocycles. The van der Waals surface area contributed by atoms with Crippen molar-refractivity contribution >= 4 is 11.6 Å². The molecule has 0 unspecified atom stereocenters. The van der Waals surface area contributed by atoms with Crippen LogP contribution in [0.25, 0.3) is 0 Å². The lowest BCUT2D eigenvalue weighted by Crippen LogP contribution is -2.42. The fourth-order valence-electron chi connectivity index (χ4n) is 2.35. The van der Waals surface area contributed by atoms with E-state index in [-0.39, 0.29) is 18.1 Å². The lowest BCUT2D eigenvalue weighted by atomic mass is 9.93. The van der Waals surface area contributed by atoms with Crippen molar-refractivity contribution < 1.29 is 14.3 Å². The van der Waals surface area contributed by atoms with E-state index in [0.717, 1.165) is 5.56 Å². The molecule has 3 N–H and O–H groups in total. The summed E-state index contributed by atoms with van der Waals surface area (Å²) in [4.78, 5) is 12.4. The summed E-state index contributed by atoms with van der Waals surface area (Å²) in [6.07, 6.45) is 0. The van der Waals surface area contributed by atoms with Crippen molar-refractivity contribution in [3.8, 4) is 11.8 Å². The van der Waals surface area contributed by atoms with Gasteiger partial charge in [0.25, 0.3) is 0 Å². The molecule has 2 aromatic rings. The van der Waals surface area contributed by atoms with Crippen LogP contribution in [0.15, 0.2) is 48.5 Å². The largest absolute Gasteiger partial charge is 0.491 e. The van der Waals surface area contributed by atoms with Crippen molar-refractivity contribution in [2.75, 3.05) is 25.5 Å². The molecule has 2 aromatic carbocycles. The van der Waals surface area contributed by atoms with Crippen LogP contribution < -0.4 is 15.8 Å². The van der Waals surface area contributed by atoms with Crippen molar-refractivity contribution in [3.05, 3.63) is 59.7 Å². The maximum Gasteiger partial charge on any atom is 0.229 e. The topological polar surface area (TPSA) is 97.4 Å². The number of nitriles is 1. The summed E-state index contributed by atoms with van der Waals surface area (Å²) in [6, 6.07) is 16.9. The van der Waals surface area contributed by atoms with Crippen molar-refractivity contribution in [1.29, 1.82) is 5.26 Å². The summed E-state index contributed by atoms with van der Waals surface area (Å²) >= 11 is 0. The minimum absolute atomic E-state index is 0.127. The Morgan fingerprint density at radius 2 is 1.93 bits per heavy atom. The van der Waals surface area contributed by atoms with Gasteiger partial charge in [0.1, 0.15) is 24.0 Å². The number of anilines is 1. The number of rotatable bonds is 9. The molecule has 0 aromatic heterocycles. The lowest BCUT2D eigenvalue weighted by molar-refractivity contribution is -0.131. The SMILES string of the molecule is CC(C)(COc1cccc(N)c1C#N)C(=O)NCCOCc1ccccc1. The second-order valence-corrected chi connectivity index (χ2v) is 6.80. The van der Waals surface area contributed by atoms with E-state index in [1.54, 1.807) is 32.0 Å². The van der Waals surface area contributed by atoms with Gasteiger partial charge in [0.05, 0.1) is 24.3 Å². The standard InChI is InChI=1S/C21H25N3O3/c1-21(2,15-27-19-10-6-9-18(23)17(19)13-22)20(25)24-11-12-26-14-16-7-4-3-5-8-16/h3-10H,11-12,14-15,23H2,1-2H3,(H,24,25). The summed E-state index contributed by atoms with van der Waals surface area (Å²) in [5.74, 6) is 0.234. The Morgan fingerprint density at radius 3 is 2.63 bits per heavy atom. The van der Waals surface area contributed by atoms with Crippen LogP contribution in [-0.2, 0) is 16.1 Å². The quantitative estimate of drug-likeness (QED) is 0.525. The van der Waals surface area contributed by atoms with Gasteiger partial charge in [-0.05, 0) is 31.5 Å². The molecular formula is C21H25N3O3. The number of nitrogens with two attached hydrogens (primary N) is 1. The van der Waals surface area contributed by atoms with Crippen LogP contribution in [0.2, 0.25) is 0 Å². The van der Waals surface area contributed by atoms with Gasteiger partial charge < -0.3 is 20.5 Å². The summed E-state index contributed by atoms with van der Waals surface area (Å²) < 4.78 is 11.2. The third-order valence-electron chi connectivity index (χ3n) is 4.02. The maximum absolute atomic E-state index is 12.4. The van der Waals surface area contributed by atoms with E-state index in [2.05, 4.69) is 5.32 Å². The molecule has 0 bridgehead atoms. The zero-order valence-corrected chi connectivity index (χ0v) is 15.7. The molecule has 0 heterocycles. The van der Waals surface area contributed by atoms with Crippen molar-refractivity contribution in [2.45, 2.75) is 20.5 Å². The third-order valence-corrected chi connectivity index (χ3v) is 4.02. The van der Waals surface area contributed by atoms with E-state index < -0.39 is 5.41 Å². The van der Waals surface area contributed by atoms with Crippen LogP contribution in [0.1, 0.15) is 25.0 Å². The van der Waals surface area contributed by atoms with Gasteiger partial charge in [-0.2, -0.15) is 5.26 Å². The van der Waals surface area contributed by atoms with E-state index in [1.165, 1.54) is 0 Å².